The summed E-state index contributed by atoms with van der Waals surface area (Å²) in [6, 6.07) is 0.894. The Bertz CT molecular complexity index is 206. The molecule has 0 aromatic carbocycles. The standard InChI is InChI=1S/C12H23NO2/c1-4-6-10-8-11(10)13-9(3)7-12(14)15-5-2/h9-11,13H,4-8H2,1-3H3. The van der Waals surface area contributed by atoms with Crippen LogP contribution in [0.3, 0.4) is 0 Å². The molecule has 0 heterocycles. The molecular formula is C12H23NO2. The highest BCUT2D eigenvalue weighted by Crippen LogP contribution is 2.34. The molecule has 1 N–H and O–H groups in total. The van der Waals surface area contributed by atoms with Gasteiger partial charge in [-0.1, -0.05) is 13.3 Å². The summed E-state index contributed by atoms with van der Waals surface area (Å²) in [6.45, 7) is 6.59. The minimum atomic E-state index is -0.0924. The van der Waals surface area contributed by atoms with Gasteiger partial charge < -0.3 is 10.1 Å². The van der Waals surface area contributed by atoms with Crippen LogP contribution in [0, 0.1) is 5.92 Å². The third-order valence-corrected chi connectivity index (χ3v) is 2.86. The highest BCUT2D eigenvalue weighted by Gasteiger charge is 2.36. The van der Waals surface area contributed by atoms with E-state index in [4.69, 9.17) is 4.74 Å². The number of nitrogens with one attached hydrogen (secondary N) is 1. The van der Waals surface area contributed by atoms with Crippen molar-refractivity contribution >= 4 is 5.97 Å². The summed E-state index contributed by atoms with van der Waals surface area (Å²) in [5.74, 6) is 0.754. The van der Waals surface area contributed by atoms with E-state index in [1.54, 1.807) is 0 Å². The van der Waals surface area contributed by atoms with Crippen LogP contribution < -0.4 is 5.32 Å². The van der Waals surface area contributed by atoms with E-state index < -0.39 is 0 Å². The van der Waals surface area contributed by atoms with Crippen molar-refractivity contribution in [3.8, 4) is 0 Å². The van der Waals surface area contributed by atoms with Gasteiger partial charge in [0.2, 0.25) is 0 Å². The Morgan fingerprint density at radius 2 is 2.27 bits per heavy atom. The maximum Gasteiger partial charge on any atom is 0.307 e. The minimum Gasteiger partial charge on any atom is -0.466 e. The van der Waals surface area contributed by atoms with Gasteiger partial charge in [-0.05, 0) is 32.6 Å². The van der Waals surface area contributed by atoms with Crippen molar-refractivity contribution in [2.45, 2.75) is 58.5 Å². The molecule has 0 aromatic heterocycles. The zero-order chi connectivity index (χ0) is 11.3. The van der Waals surface area contributed by atoms with Crippen LogP contribution in [0.4, 0.5) is 0 Å². The largest absolute Gasteiger partial charge is 0.466 e. The summed E-state index contributed by atoms with van der Waals surface area (Å²) in [6.07, 6.45) is 4.34. The fraction of sp³-hybridized carbons (Fsp3) is 0.917. The molecule has 15 heavy (non-hydrogen) atoms. The first-order chi connectivity index (χ1) is 7.17. The Kier molecular flexibility index (Phi) is 5.09. The van der Waals surface area contributed by atoms with Crippen LogP contribution in [0.5, 0.6) is 0 Å². The van der Waals surface area contributed by atoms with Crippen molar-refractivity contribution in [1.82, 2.24) is 5.32 Å². The number of carbonyl (C=O) groups is 1. The summed E-state index contributed by atoms with van der Waals surface area (Å²) < 4.78 is 4.91. The lowest BCUT2D eigenvalue weighted by Crippen LogP contribution is -2.31. The van der Waals surface area contributed by atoms with E-state index in [2.05, 4.69) is 19.2 Å². The molecule has 0 saturated heterocycles. The Labute approximate surface area is 92.6 Å². The second-order valence-corrected chi connectivity index (χ2v) is 4.47. The lowest BCUT2D eigenvalue weighted by atomic mass is 10.2. The van der Waals surface area contributed by atoms with E-state index in [0.29, 0.717) is 19.1 Å². The summed E-state index contributed by atoms with van der Waals surface area (Å²) in [4.78, 5) is 11.2. The van der Waals surface area contributed by atoms with Gasteiger partial charge in [0.05, 0.1) is 13.0 Å². The number of esters is 1. The van der Waals surface area contributed by atoms with Gasteiger partial charge in [-0.15, -0.1) is 0 Å². The topological polar surface area (TPSA) is 38.3 Å². The predicted octanol–water partition coefficient (Wildman–Crippen LogP) is 2.11. The molecule has 88 valence electrons. The Hall–Kier alpha value is -0.570. The molecule has 1 fully saturated rings. The molecule has 3 heteroatoms. The molecule has 3 nitrogen and oxygen atoms in total. The lowest BCUT2D eigenvalue weighted by Gasteiger charge is -2.12. The predicted molar refractivity (Wildman–Crippen MR) is 60.7 cm³/mol. The van der Waals surface area contributed by atoms with E-state index in [-0.39, 0.29) is 12.0 Å². The molecule has 0 aromatic rings. The first kappa shape index (κ1) is 12.5. The highest BCUT2D eigenvalue weighted by atomic mass is 16.5. The number of rotatable bonds is 7. The van der Waals surface area contributed by atoms with E-state index >= 15 is 0 Å². The molecule has 0 bridgehead atoms. The van der Waals surface area contributed by atoms with Gasteiger partial charge in [0.25, 0.3) is 0 Å². The maximum atomic E-state index is 11.2. The smallest absolute Gasteiger partial charge is 0.307 e. The number of ether oxygens (including phenoxy) is 1. The number of hydrogen-bond donors (Lipinski definition) is 1. The van der Waals surface area contributed by atoms with Gasteiger partial charge >= 0.3 is 5.97 Å². The van der Waals surface area contributed by atoms with Crippen LogP contribution in [0.25, 0.3) is 0 Å². The quantitative estimate of drug-likeness (QED) is 0.658. The maximum absolute atomic E-state index is 11.2. The van der Waals surface area contributed by atoms with E-state index in [9.17, 15) is 4.79 Å². The summed E-state index contributed by atoms with van der Waals surface area (Å²) >= 11 is 0. The van der Waals surface area contributed by atoms with Crippen LogP contribution in [0.2, 0.25) is 0 Å². The first-order valence-corrected chi connectivity index (χ1v) is 6.09. The normalized spacial score (nSPS) is 26.1. The van der Waals surface area contributed by atoms with Crippen LogP contribution in [-0.4, -0.2) is 24.7 Å². The van der Waals surface area contributed by atoms with Gasteiger partial charge in [0.1, 0.15) is 0 Å². The molecule has 3 unspecified atom stereocenters. The number of carbonyl (C=O) groups excluding carboxylic acids is 1. The Balaban J connectivity index is 2.09. The Morgan fingerprint density at radius 1 is 1.53 bits per heavy atom. The average Bonchev–Trinajstić information content (AvgIpc) is 2.84. The van der Waals surface area contributed by atoms with Crippen LogP contribution in [-0.2, 0) is 9.53 Å². The Morgan fingerprint density at radius 3 is 2.87 bits per heavy atom. The van der Waals surface area contributed by atoms with Crippen LogP contribution in [0.15, 0.2) is 0 Å². The van der Waals surface area contributed by atoms with Gasteiger partial charge in [-0.3, -0.25) is 4.79 Å². The molecule has 0 aliphatic heterocycles. The SMILES string of the molecule is CCCC1CC1NC(C)CC(=O)OCC. The van der Waals surface area contributed by atoms with Gasteiger partial charge in [0.15, 0.2) is 0 Å². The molecule has 1 rings (SSSR count). The summed E-state index contributed by atoms with van der Waals surface area (Å²) in [7, 11) is 0. The molecule has 1 saturated carbocycles. The third kappa shape index (κ3) is 4.65. The van der Waals surface area contributed by atoms with Crippen molar-refractivity contribution in [3.63, 3.8) is 0 Å². The van der Waals surface area contributed by atoms with Crippen LogP contribution in [0.1, 0.15) is 46.5 Å². The molecular weight excluding hydrogens is 190 g/mol. The monoisotopic (exact) mass is 213 g/mol. The molecule has 0 spiro atoms. The van der Waals surface area contributed by atoms with Gasteiger partial charge in [-0.25, -0.2) is 0 Å². The van der Waals surface area contributed by atoms with E-state index in [1.165, 1.54) is 19.3 Å². The second kappa shape index (κ2) is 6.11. The van der Waals surface area contributed by atoms with Gasteiger partial charge in [-0.2, -0.15) is 0 Å². The van der Waals surface area contributed by atoms with Crippen molar-refractivity contribution in [2.75, 3.05) is 6.61 Å². The minimum absolute atomic E-state index is 0.0924. The summed E-state index contributed by atoms with van der Waals surface area (Å²) in [5, 5.41) is 3.48. The van der Waals surface area contributed by atoms with Crippen molar-refractivity contribution < 1.29 is 9.53 Å². The first-order valence-electron chi connectivity index (χ1n) is 6.09. The van der Waals surface area contributed by atoms with Crippen molar-refractivity contribution in [2.24, 2.45) is 5.92 Å². The summed E-state index contributed by atoms with van der Waals surface area (Å²) in [5.41, 5.74) is 0. The lowest BCUT2D eigenvalue weighted by molar-refractivity contribution is -0.143. The fourth-order valence-electron chi connectivity index (χ4n) is 2.04. The highest BCUT2D eigenvalue weighted by molar-refractivity contribution is 5.70. The molecule has 0 radical (unpaired) electrons. The van der Waals surface area contributed by atoms with E-state index in [0.717, 1.165) is 5.92 Å². The zero-order valence-electron chi connectivity index (χ0n) is 10.1. The molecule has 1 aliphatic carbocycles. The molecule has 0 amide bonds. The number of hydrogen-bond acceptors (Lipinski definition) is 3. The van der Waals surface area contributed by atoms with Crippen LogP contribution >= 0.6 is 0 Å². The van der Waals surface area contributed by atoms with Gasteiger partial charge in [0, 0.05) is 12.1 Å². The molecule has 3 atom stereocenters. The van der Waals surface area contributed by atoms with Crippen molar-refractivity contribution in [3.05, 3.63) is 0 Å². The van der Waals surface area contributed by atoms with E-state index in [1.807, 2.05) is 6.92 Å². The van der Waals surface area contributed by atoms with Crippen molar-refractivity contribution in [1.29, 1.82) is 0 Å². The zero-order valence-corrected chi connectivity index (χ0v) is 10.1. The fourth-order valence-corrected chi connectivity index (χ4v) is 2.04. The third-order valence-electron chi connectivity index (χ3n) is 2.86. The average molecular weight is 213 g/mol. The molecule has 1 aliphatic rings. The second-order valence-electron chi connectivity index (χ2n) is 4.47.